The van der Waals surface area contributed by atoms with E-state index >= 15 is 0 Å². The molecule has 1 aliphatic rings. The van der Waals surface area contributed by atoms with Crippen molar-refractivity contribution >= 4 is 0 Å². The zero-order chi connectivity index (χ0) is 11.7. The average molecular weight is 222 g/mol. The highest BCUT2D eigenvalue weighted by molar-refractivity contribution is 5.09. The Morgan fingerprint density at radius 3 is 2.69 bits per heavy atom. The Morgan fingerprint density at radius 1 is 1.44 bits per heavy atom. The molecule has 3 heteroatoms. The monoisotopic (exact) mass is 222 g/mol. The molecule has 90 valence electrons. The molecule has 1 aliphatic heterocycles. The van der Waals surface area contributed by atoms with Crippen LogP contribution < -0.4 is 5.73 Å². The number of hydrogen-bond donors (Lipinski definition) is 1. The zero-order valence-electron chi connectivity index (χ0n) is 10.4. The number of likely N-dealkylation sites (tertiary alicyclic amines) is 1. The molecule has 3 nitrogen and oxygen atoms in total. The molecule has 0 radical (unpaired) electrons. The van der Waals surface area contributed by atoms with E-state index in [2.05, 4.69) is 24.8 Å². The number of nitrogens with two attached hydrogens (primary N) is 1. The summed E-state index contributed by atoms with van der Waals surface area (Å²) in [6, 6.07) is 4.79. The molecule has 0 aliphatic carbocycles. The maximum absolute atomic E-state index is 5.95. The molecule has 0 spiro atoms. The minimum atomic E-state index is 0.301. The van der Waals surface area contributed by atoms with Gasteiger partial charge in [-0.15, -0.1) is 0 Å². The summed E-state index contributed by atoms with van der Waals surface area (Å²) in [7, 11) is 0. The van der Waals surface area contributed by atoms with Gasteiger partial charge in [-0.25, -0.2) is 0 Å². The Morgan fingerprint density at radius 2 is 2.19 bits per heavy atom. The molecule has 0 saturated carbocycles. The fraction of sp³-hybridized carbons (Fsp3) is 0.692. The van der Waals surface area contributed by atoms with Gasteiger partial charge in [0.15, 0.2) is 0 Å². The van der Waals surface area contributed by atoms with Gasteiger partial charge in [0, 0.05) is 12.6 Å². The van der Waals surface area contributed by atoms with E-state index in [0.29, 0.717) is 18.0 Å². The highest BCUT2D eigenvalue weighted by atomic mass is 16.3. The Bertz CT molecular complexity index is 345. The Hall–Kier alpha value is -0.800. The summed E-state index contributed by atoms with van der Waals surface area (Å²) >= 11 is 0. The van der Waals surface area contributed by atoms with Gasteiger partial charge in [-0.05, 0) is 51.8 Å². The number of hydrogen-bond acceptors (Lipinski definition) is 3. The van der Waals surface area contributed by atoms with Gasteiger partial charge in [0.25, 0.3) is 0 Å². The lowest BCUT2D eigenvalue weighted by Crippen LogP contribution is -2.30. The SMILES string of the molecule is Cc1ccc(C(C)N2CCC(C(C)N)C2)o1. The molecular formula is C13H22N2O. The van der Waals surface area contributed by atoms with E-state index in [-0.39, 0.29) is 0 Å². The van der Waals surface area contributed by atoms with Crippen molar-refractivity contribution < 1.29 is 4.42 Å². The van der Waals surface area contributed by atoms with Gasteiger partial charge in [-0.2, -0.15) is 0 Å². The van der Waals surface area contributed by atoms with E-state index in [4.69, 9.17) is 10.2 Å². The molecule has 3 atom stereocenters. The van der Waals surface area contributed by atoms with Gasteiger partial charge < -0.3 is 10.2 Å². The maximum Gasteiger partial charge on any atom is 0.121 e. The molecule has 1 fully saturated rings. The highest BCUT2D eigenvalue weighted by Crippen LogP contribution is 2.29. The first-order chi connectivity index (χ1) is 7.58. The van der Waals surface area contributed by atoms with E-state index in [1.54, 1.807) is 0 Å². The van der Waals surface area contributed by atoms with E-state index in [1.165, 1.54) is 6.42 Å². The van der Waals surface area contributed by atoms with E-state index in [9.17, 15) is 0 Å². The third-order valence-electron chi connectivity index (χ3n) is 3.72. The predicted octanol–water partition coefficient (Wildman–Crippen LogP) is 2.32. The van der Waals surface area contributed by atoms with Crippen molar-refractivity contribution in [1.29, 1.82) is 0 Å². The van der Waals surface area contributed by atoms with Crippen LogP contribution in [0.25, 0.3) is 0 Å². The van der Waals surface area contributed by atoms with Crippen LogP contribution in [-0.4, -0.2) is 24.0 Å². The molecule has 1 aromatic heterocycles. The lowest BCUT2D eigenvalue weighted by atomic mass is 10.0. The highest BCUT2D eigenvalue weighted by Gasteiger charge is 2.29. The second kappa shape index (κ2) is 4.60. The van der Waals surface area contributed by atoms with Crippen LogP contribution in [-0.2, 0) is 0 Å². The molecule has 0 amide bonds. The Balaban J connectivity index is 1.99. The lowest BCUT2D eigenvalue weighted by molar-refractivity contribution is 0.218. The number of aryl methyl sites for hydroxylation is 1. The molecule has 2 rings (SSSR count). The van der Waals surface area contributed by atoms with Gasteiger partial charge in [0.05, 0.1) is 6.04 Å². The summed E-state index contributed by atoms with van der Waals surface area (Å²) in [5, 5.41) is 0. The summed E-state index contributed by atoms with van der Waals surface area (Å²) in [6.07, 6.45) is 1.21. The van der Waals surface area contributed by atoms with Crippen molar-refractivity contribution in [1.82, 2.24) is 4.90 Å². The normalized spacial score (nSPS) is 25.9. The van der Waals surface area contributed by atoms with Crippen LogP contribution in [0.3, 0.4) is 0 Å². The summed E-state index contributed by atoms with van der Waals surface area (Å²) in [5.74, 6) is 2.70. The minimum absolute atomic E-state index is 0.301. The van der Waals surface area contributed by atoms with Crippen molar-refractivity contribution in [3.63, 3.8) is 0 Å². The first-order valence-corrected chi connectivity index (χ1v) is 6.14. The van der Waals surface area contributed by atoms with Crippen molar-refractivity contribution in [2.45, 2.75) is 39.3 Å². The van der Waals surface area contributed by atoms with Gasteiger partial charge >= 0.3 is 0 Å². The standard InChI is InChI=1S/C13H22N2O/c1-9-4-5-13(16-9)11(3)15-7-6-12(8-15)10(2)14/h4-5,10-12H,6-8,14H2,1-3H3. The van der Waals surface area contributed by atoms with Gasteiger partial charge in [-0.3, -0.25) is 4.90 Å². The molecular weight excluding hydrogens is 200 g/mol. The third kappa shape index (κ3) is 2.30. The Labute approximate surface area is 97.6 Å². The molecule has 0 bridgehead atoms. The predicted molar refractivity (Wildman–Crippen MR) is 65.2 cm³/mol. The van der Waals surface area contributed by atoms with Crippen LogP contribution in [0.5, 0.6) is 0 Å². The first kappa shape index (κ1) is 11.7. The average Bonchev–Trinajstić information content (AvgIpc) is 2.84. The van der Waals surface area contributed by atoms with Crippen molar-refractivity contribution in [2.75, 3.05) is 13.1 Å². The summed E-state index contributed by atoms with van der Waals surface area (Å²) in [4.78, 5) is 2.46. The second-order valence-electron chi connectivity index (χ2n) is 5.03. The molecule has 1 saturated heterocycles. The molecule has 16 heavy (non-hydrogen) atoms. The van der Waals surface area contributed by atoms with Crippen LogP contribution >= 0.6 is 0 Å². The summed E-state index contributed by atoms with van der Waals surface area (Å²) < 4.78 is 5.68. The smallest absolute Gasteiger partial charge is 0.121 e. The molecule has 3 unspecified atom stereocenters. The first-order valence-electron chi connectivity index (χ1n) is 6.14. The fourth-order valence-electron chi connectivity index (χ4n) is 2.45. The van der Waals surface area contributed by atoms with Gasteiger partial charge in [0.1, 0.15) is 11.5 Å². The number of nitrogens with zero attached hydrogens (tertiary/aromatic N) is 1. The van der Waals surface area contributed by atoms with Crippen LogP contribution in [0.2, 0.25) is 0 Å². The molecule has 2 N–H and O–H groups in total. The van der Waals surface area contributed by atoms with Gasteiger partial charge in [-0.1, -0.05) is 0 Å². The van der Waals surface area contributed by atoms with Gasteiger partial charge in [0.2, 0.25) is 0 Å². The van der Waals surface area contributed by atoms with Crippen molar-refractivity contribution in [3.8, 4) is 0 Å². The minimum Gasteiger partial charge on any atom is -0.465 e. The van der Waals surface area contributed by atoms with E-state index in [1.807, 2.05) is 13.0 Å². The summed E-state index contributed by atoms with van der Waals surface area (Å²) in [5.41, 5.74) is 5.95. The van der Waals surface area contributed by atoms with Crippen LogP contribution in [0.1, 0.15) is 37.8 Å². The van der Waals surface area contributed by atoms with E-state index in [0.717, 1.165) is 24.6 Å². The quantitative estimate of drug-likeness (QED) is 0.853. The lowest BCUT2D eigenvalue weighted by Gasteiger charge is -2.23. The molecule has 1 aromatic rings. The Kier molecular flexibility index (Phi) is 3.36. The van der Waals surface area contributed by atoms with Crippen LogP contribution in [0.4, 0.5) is 0 Å². The van der Waals surface area contributed by atoms with Crippen molar-refractivity contribution in [2.24, 2.45) is 11.7 Å². The van der Waals surface area contributed by atoms with Crippen molar-refractivity contribution in [3.05, 3.63) is 23.7 Å². The number of rotatable bonds is 3. The van der Waals surface area contributed by atoms with Crippen LogP contribution in [0.15, 0.2) is 16.5 Å². The maximum atomic E-state index is 5.95. The molecule has 0 aromatic carbocycles. The fourth-order valence-corrected chi connectivity index (χ4v) is 2.45. The largest absolute Gasteiger partial charge is 0.465 e. The van der Waals surface area contributed by atoms with Crippen LogP contribution in [0, 0.1) is 12.8 Å². The van der Waals surface area contributed by atoms with E-state index < -0.39 is 0 Å². The third-order valence-corrected chi connectivity index (χ3v) is 3.72. The number of furan rings is 1. The zero-order valence-corrected chi connectivity index (χ0v) is 10.4. The summed E-state index contributed by atoms with van der Waals surface area (Å²) in [6.45, 7) is 8.54. The second-order valence-corrected chi connectivity index (χ2v) is 5.03. The topological polar surface area (TPSA) is 42.4 Å². The molecule has 2 heterocycles.